The van der Waals surface area contributed by atoms with E-state index in [2.05, 4.69) is 4.90 Å². The van der Waals surface area contributed by atoms with Gasteiger partial charge in [-0.2, -0.15) is 4.31 Å². The number of nitrogens with zero attached hydrogens (tertiary/aromatic N) is 2. The van der Waals surface area contributed by atoms with Gasteiger partial charge in [0.25, 0.3) is 0 Å². The van der Waals surface area contributed by atoms with Crippen LogP contribution < -0.4 is 0 Å². The van der Waals surface area contributed by atoms with Crippen LogP contribution in [0.4, 0.5) is 0 Å². The highest BCUT2D eigenvalue weighted by atomic mass is 32.2. The van der Waals surface area contributed by atoms with Crippen LogP contribution in [-0.2, 0) is 10.0 Å². The summed E-state index contributed by atoms with van der Waals surface area (Å²) in [6, 6.07) is 6.43. The predicted octanol–water partition coefficient (Wildman–Crippen LogP) is 2.02. The van der Waals surface area contributed by atoms with E-state index >= 15 is 0 Å². The standard InChI is InChI=1S/C17H24N2O4S/c20-17(21)15-8-3-4-9-16(15)24(22,23)19-11-5-10-18(12-13-19)14-6-1-2-7-14/h3-4,8-9,14H,1-2,5-7,10-13H2,(H,20,21). The van der Waals surface area contributed by atoms with Crippen LogP contribution in [-0.4, -0.2) is 60.9 Å². The van der Waals surface area contributed by atoms with E-state index in [1.54, 1.807) is 12.1 Å². The zero-order chi connectivity index (χ0) is 17.2. The summed E-state index contributed by atoms with van der Waals surface area (Å²) in [5, 5.41) is 9.28. The highest BCUT2D eigenvalue weighted by Crippen LogP contribution is 2.26. The van der Waals surface area contributed by atoms with Crippen molar-refractivity contribution in [3.63, 3.8) is 0 Å². The lowest BCUT2D eigenvalue weighted by molar-refractivity contribution is 0.0692. The molecule has 24 heavy (non-hydrogen) atoms. The molecule has 3 rings (SSSR count). The van der Waals surface area contributed by atoms with Crippen LogP contribution in [0.2, 0.25) is 0 Å². The van der Waals surface area contributed by atoms with E-state index in [4.69, 9.17) is 0 Å². The molecule has 0 unspecified atom stereocenters. The quantitative estimate of drug-likeness (QED) is 0.897. The van der Waals surface area contributed by atoms with Gasteiger partial charge in [0, 0.05) is 25.7 Å². The number of benzene rings is 1. The van der Waals surface area contributed by atoms with Crippen molar-refractivity contribution < 1.29 is 18.3 Å². The van der Waals surface area contributed by atoms with Gasteiger partial charge in [-0.3, -0.25) is 4.90 Å². The summed E-state index contributed by atoms with van der Waals surface area (Å²) < 4.78 is 27.3. The van der Waals surface area contributed by atoms with E-state index in [0.717, 1.165) is 19.5 Å². The maximum absolute atomic E-state index is 12.9. The van der Waals surface area contributed by atoms with Gasteiger partial charge in [-0.1, -0.05) is 25.0 Å². The van der Waals surface area contributed by atoms with Crippen molar-refractivity contribution in [2.45, 2.75) is 43.0 Å². The van der Waals surface area contributed by atoms with Crippen LogP contribution in [0.5, 0.6) is 0 Å². The van der Waals surface area contributed by atoms with Crippen LogP contribution in [0, 0.1) is 0 Å². The van der Waals surface area contributed by atoms with E-state index in [1.807, 2.05) is 0 Å². The summed E-state index contributed by atoms with van der Waals surface area (Å²) in [6.45, 7) is 2.50. The highest BCUT2D eigenvalue weighted by molar-refractivity contribution is 7.89. The Kier molecular flexibility index (Phi) is 5.22. The average molecular weight is 352 g/mol. The Morgan fingerprint density at radius 2 is 1.71 bits per heavy atom. The normalized spacial score (nSPS) is 21.7. The first-order valence-electron chi connectivity index (χ1n) is 8.56. The largest absolute Gasteiger partial charge is 0.478 e. The van der Waals surface area contributed by atoms with Crippen molar-refractivity contribution in [3.05, 3.63) is 29.8 Å². The van der Waals surface area contributed by atoms with Crippen molar-refractivity contribution >= 4 is 16.0 Å². The summed E-state index contributed by atoms with van der Waals surface area (Å²) >= 11 is 0. The molecule has 1 aromatic rings. The number of sulfonamides is 1. The Morgan fingerprint density at radius 3 is 2.42 bits per heavy atom. The lowest BCUT2D eigenvalue weighted by atomic mass is 10.2. The second-order valence-electron chi connectivity index (χ2n) is 6.53. The average Bonchev–Trinajstić information content (AvgIpc) is 2.98. The number of hydrogen-bond acceptors (Lipinski definition) is 4. The second kappa shape index (κ2) is 7.21. The van der Waals surface area contributed by atoms with E-state index in [-0.39, 0.29) is 10.5 Å². The van der Waals surface area contributed by atoms with Crippen LogP contribution in [0.1, 0.15) is 42.5 Å². The zero-order valence-electron chi connectivity index (χ0n) is 13.7. The topological polar surface area (TPSA) is 77.9 Å². The van der Waals surface area contributed by atoms with E-state index in [1.165, 1.54) is 42.1 Å². The Labute approximate surface area is 143 Å². The Morgan fingerprint density at radius 1 is 1.00 bits per heavy atom. The Bertz CT molecular complexity index is 698. The molecule has 1 saturated carbocycles. The lowest BCUT2D eigenvalue weighted by Gasteiger charge is -2.27. The molecule has 1 aliphatic heterocycles. The van der Waals surface area contributed by atoms with E-state index in [9.17, 15) is 18.3 Å². The fourth-order valence-corrected chi connectivity index (χ4v) is 5.45. The minimum absolute atomic E-state index is 0.105. The molecule has 2 fully saturated rings. The molecule has 7 heteroatoms. The first kappa shape index (κ1) is 17.4. The molecule has 1 heterocycles. The third kappa shape index (κ3) is 3.48. The molecule has 1 saturated heterocycles. The summed E-state index contributed by atoms with van der Waals surface area (Å²) in [5.74, 6) is -1.21. The van der Waals surface area contributed by atoms with Crippen LogP contribution >= 0.6 is 0 Å². The van der Waals surface area contributed by atoms with Crippen LogP contribution in [0.3, 0.4) is 0 Å². The summed E-state index contributed by atoms with van der Waals surface area (Å²) in [4.78, 5) is 13.7. The molecule has 0 aromatic heterocycles. The lowest BCUT2D eigenvalue weighted by Crippen LogP contribution is -2.38. The van der Waals surface area contributed by atoms with Crippen molar-refractivity contribution in [2.24, 2.45) is 0 Å². The van der Waals surface area contributed by atoms with Crippen molar-refractivity contribution in [2.75, 3.05) is 26.2 Å². The maximum Gasteiger partial charge on any atom is 0.337 e. The summed E-state index contributed by atoms with van der Waals surface area (Å²) in [7, 11) is -3.78. The molecule has 1 N–H and O–H groups in total. The zero-order valence-corrected chi connectivity index (χ0v) is 14.5. The smallest absolute Gasteiger partial charge is 0.337 e. The number of carbonyl (C=O) groups is 1. The summed E-state index contributed by atoms with van der Waals surface area (Å²) in [5.41, 5.74) is -0.158. The Hall–Kier alpha value is -1.44. The van der Waals surface area contributed by atoms with Gasteiger partial charge in [0.05, 0.1) is 10.5 Å². The van der Waals surface area contributed by atoms with Gasteiger partial charge in [-0.15, -0.1) is 0 Å². The molecule has 0 amide bonds. The summed E-state index contributed by atoms with van der Waals surface area (Å²) in [6.07, 6.45) is 5.71. The minimum Gasteiger partial charge on any atom is -0.478 e. The molecular formula is C17H24N2O4S. The third-order valence-corrected chi connectivity index (χ3v) is 7.02. The minimum atomic E-state index is -3.78. The molecule has 0 spiro atoms. The highest BCUT2D eigenvalue weighted by Gasteiger charge is 2.32. The number of aromatic carboxylic acids is 1. The predicted molar refractivity (Wildman–Crippen MR) is 90.6 cm³/mol. The van der Waals surface area contributed by atoms with Gasteiger partial charge in [-0.05, 0) is 37.9 Å². The molecule has 1 aliphatic carbocycles. The second-order valence-corrected chi connectivity index (χ2v) is 8.44. The van der Waals surface area contributed by atoms with Gasteiger partial charge < -0.3 is 5.11 Å². The number of carboxylic acids is 1. The van der Waals surface area contributed by atoms with Crippen LogP contribution in [0.25, 0.3) is 0 Å². The molecule has 6 nitrogen and oxygen atoms in total. The van der Waals surface area contributed by atoms with Gasteiger partial charge in [0.1, 0.15) is 0 Å². The monoisotopic (exact) mass is 352 g/mol. The van der Waals surface area contributed by atoms with Crippen molar-refractivity contribution in [1.82, 2.24) is 9.21 Å². The van der Waals surface area contributed by atoms with E-state index < -0.39 is 16.0 Å². The first-order chi connectivity index (χ1) is 11.5. The first-order valence-corrected chi connectivity index (χ1v) is 10.0. The van der Waals surface area contributed by atoms with Gasteiger partial charge in [0.2, 0.25) is 10.0 Å². The molecular weight excluding hydrogens is 328 g/mol. The fourth-order valence-electron chi connectivity index (χ4n) is 3.80. The molecule has 1 aromatic carbocycles. The fraction of sp³-hybridized carbons (Fsp3) is 0.588. The molecule has 0 radical (unpaired) electrons. The number of hydrogen-bond donors (Lipinski definition) is 1. The van der Waals surface area contributed by atoms with E-state index in [0.29, 0.717) is 19.1 Å². The van der Waals surface area contributed by atoms with Crippen molar-refractivity contribution in [3.8, 4) is 0 Å². The van der Waals surface area contributed by atoms with Crippen LogP contribution in [0.15, 0.2) is 29.2 Å². The van der Waals surface area contributed by atoms with Gasteiger partial charge in [-0.25, -0.2) is 13.2 Å². The Balaban J connectivity index is 1.79. The molecule has 0 bridgehead atoms. The SMILES string of the molecule is O=C(O)c1ccccc1S(=O)(=O)N1CCCN(C2CCCC2)CC1. The molecule has 0 atom stereocenters. The van der Waals surface area contributed by atoms with Gasteiger partial charge >= 0.3 is 5.97 Å². The van der Waals surface area contributed by atoms with Crippen molar-refractivity contribution in [1.29, 1.82) is 0 Å². The molecule has 132 valence electrons. The van der Waals surface area contributed by atoms with Gasteiger partial charge in [0.15, 0.2) is 0 Å². The number of carboxylic acid groups (broad SMARTS) is 1. The third-order valence-electron chi connectivity index (χ3n) is 5.07. The molecule has 2 aliphatic rings. The maximum atomic E-state index is 12.9. The number of rotatable bonds is 4.